The molecule has 3 amide bonds. The van der Waals surface area contributed by atoms with Crippen LogP contribution in [-0.2, 0) is 14.4 Å². The van der Waals surface area contributed by atoms with E-state index in [1.807, 2.05) is 0 Å². The van der Waals surface area contributed by atoms with Crippen molar-refractivity contribution < 1.29 is 23.2 Å². The summed E-state index contributed by atoms with van der Waals surface area (Å²) in [5.41, 5.74) is 0.374. The quantitative estimate of drug-likeness (QED) is 0.770. The van der Waals surface area contributed by atoms with E-state index >= 15 is 0 Å². The van der Waals surface area contributed by atoms with E-state index in [0.717, 1.165) is 28.1 Å². The normalized spacial score (nSPS) is 20.4. The van der Waals surface area contributed by atoms with Crippen molar-refractivity contribution in [2.24, 2.45) is 10.3 Å². The molecular formula is C18H12ClF2N5O3. The number of hydrogen-bond acceptors (Lipinski definition) is 6. The number of nitrogens with zero attached hydrogens (tertiary/aromatic N) is 4. The summed E-state index contributed by atoms with van der Waals surface area (Å²) in [6, 6.07) is 6.80. The molecule has 8 nitrogen and oxygen atoms in total. The van der Waals surface area contributed by atoms with E-state index in [9.17, 15) is 23.2 Å². The summed E-state index contributed by atoms with van der Waals surface area (Å²) in [6.45, 7) is -0.335. The van der Waals surface area contributed by atoms with Crippen LogP contribution in [0.1, 0.15) is 0 Å². The SMILES string of the molecule is O=C(CN1N=N[C@@H]2C(=O)N(c3ccc(F)c(F)c3)C(=O)[C@@H]21)Nc1ccc(Cl)cc1. The molecule has 2 aromatic carbocycles. The van der Waals surface area contributed by atoms with E-state index in [2.05, 4.69) is 15.7 Å². The highest BCUT2D eigenvalue weighted by Crippen LogP contribution is 2.32. The van der Waals surface area contributed by atoms with Gasteiger partial charge in [-0.2, -0.15) is 5.11 Å². The van der Waals surface area contributed by atoms with Crippen LogP contribution in [0.25, 0.3) is 0 Å². The first-order valence-corrected chi connectivity index (χ1v) is 8.78. The van der Waals surface area contributed by atoms with Gasteiger partial charge in [0.05, 0.1) is 5.69 Å². The fourth-order valence-electron chi connectivity index (χ4n) is 3.11. The minimum absolute atomic E-state index is 0.117. The number of amides is 3. The van der Waals surface area contributed by atoms with Gasteiger partial charge in [0.15, 0.2) is 23.7 Å². The lowest BCUT2D eigenvalue weighted by Crippen LogP contribution is -2.43. The molecule has 0 radical (unpaired) electrons. The Morgan fingerprint density at radius 2 is 1.79 bits per heavy atom. The lowest BCUT2D eigenvalue weighted by atomic mass is 10.1. The number of nitrogens with one attached hydrogen (secondary N) is 1. The van der Waals surface area contributed by atoms with Crippen LogP contribution in [-0.4, -0.2) is 41.4 Å². The zero-order chi connectivity index (χ0) is 20.7. The van der Waals surface area contributed by atoms with Crippen LogP contribution in [0.5, 0.6) is 0 Å². The largest absolute Gasteiger partial charge is 0.324 e. The molecule has 11 heteroatoms. The molecule has 1 N–H and O–H groups in total. The predicted octanol–water partition coefficient (Wildman–Crippen LogP) is 2.55. The average Bonchev–Trinajstić information content (AvgIpc) is 3.20. The van der Waals surface area contributed by atoms with Gasteiger partial charge in [0.2, 0.25) is 5.91 Å². The highest BCUT2D eigenvalue weighted by atomic mass is 35.5. The van der Waals surface area contributed by atoms with Crippen molar-refractivity contribution in [2.45, 2.75) is 12.1 Å². The van der Waals surface area contributed by atoms with Crippen molar-refractivity contribution in [3.8, 4) is 0 Å². The van der Waals surface area contributed by atoms with Gasteiger partial charge in [-0.15, -0.1) is 0 Å². The Morgan fingerprint density at radius 1 is 1.07 bits per heavy atom. The average molecular weight is 420 g/mol. The number of benzene rings is 2. The Kier molecular flexibility index (Phi) is 4.71. The molecule has 2 heterocycles. The summed E-state index contributed by atoms with van der Waals surface area (Å²) in [5, 5.41) is 11.7. The van der Waals surface area contributed by atoms with Crippen molar-refractivity contribution in [3.05, 3.63) is 59.1 Å². The number of carbonyl (C=O) groups excluding carboxylic acids is 3. The fourth-order valence-corrected chi connectivity index (χ4v) is 3.24. The molecule has 2 atom stereocenters. The van der Waals surface area contributed by atoms with Gasteiger partial charge in [-0.25, -0.2) is 13.7 Å². The molecule has 1 saturated heterocycles. The Hall–Kier alpha value is -3.40. The molecule has 0 aliphatic carbocycles. The molecule has 148 valence electrons. The van der Waals surface area contributed by atoms with E-state index < -0.39 is 41.4 Å². The van der Waals surface area contributed by atoms with Crippen LogP contribution in [0, 0.1) is 11.6 Å². The van der Waals surface area contributed by atoms with Crippen LogP contribution < -0.4 is 10.2 Å². The molecule has 0 unspecified atom stereocenters. The van der Waals surface area contributed by atoms with Crippen molar-refractivity contribution in [3.63, 3.8) is 0 Å². The summed E-state index contributed by atoms with van der Waals surface area (Å²) in [7, 11) is 0. The highest BCUT2D eigenvalue weighted by molar-refractivity contribution is 6.30. The molecule has 29 heavy (non-hydrogen) atoms. The van der Waals surface area contributed by atoms with Gasteiger partial charge in [-0.05, 0) is 36.4 Å². The van der Waals surface area contributed by atoms with Crippen LogP contribution in [0.15, 0.2) is 52.8 Å². The van der Waals surface area contributed by atoms with Crippen molar-refractivity contribution in [1.82, 2.24) is 5.01 Å². The van der Waals surface area contributed by atoms with Gasteiger partial charge in [0.25, 0.3) is 11.8 Å². The second-order valence-corrected chi connectivity index (χ2v) is 6.79. The van der Waals surface area contributed by atoms with Crippen molar-refractivity contribution >= 4 is 40.7 Å². The first-order valence-electron chi connectivity index (χ1n) is 8.41. The summed E-state index contributed by atoms with van der Waals surface area (Å²) in [6.07, 6.45) is 0. The van der Waals surface area contributed by atoms with Gasteiger partial charge in [0, 0.05) is 16.8 Å². The minimum atomic E-state index is -1.19. The topological polar surface area (TPSA) is 94.4 Å². The first kappa shape index (κ1) is 18.9. The van der Waals surface area contributed by atoms with E-state index in [-0.39, 0.29) is 12.2 Å². The molecule has 2 aliphatic rings. The molecule has 1 fully saturated rings. The zero-order valence-corrected chi connectivity index (χ0v) is 15.3. The molecule has 2 aromatic rings. The second kappa shape index (κ2) is 7.21. The highest BCUT2D eigenvalue weighted by Gasteiger charge is 2.55. The third-order valence-electron chi connectivity index (χ3n) is 4.45. The van der Waals surface area contributed by atoms with Crippen LogP contribution in [0.4, 0.5) is 20.2 Å². The number of halogens is 3. The third-order valence-corrected chi connectivity index (χ3v) is 4.70. The lowest BCUT2D eigenvalue weighted by Gasteiger charge is -2.20. The predicted molar refractivity (Wildman–Crippen MR) is 98.1 cm³/mol. The number of carbonyl (C=O) groups is 3. The van der Waals surface area contributed by atoms with Crippen LogP contribution in [0.3, 0.4) is 0 Å². The second-order valence-electron chi connectivity index (χ2n) is 6.36. The number of fused-ring (bicyclic) bond motifs is 1. The third kappa shape index (κ3) is 3.42. The number of imide groups is 1. The summed E-state index contributed by atoms with van der Waals surface area (Å²) in [5.74, 6) is -4.24. The zero-order valence-electron chi connectivity index (χ0n) is 14.6. The van der Waals surface area contributed by atoms with Gasteiger partial charge < -0.3 is 5.32 Å². The van der Waals surface area contributed by atoms with Crippen molar-refractivity contribution in [1.29, 1.82) is 0 Å². The molecule has 2 aliphatic heterocycles. The maximum absolute atomic E-state index is 13.5. The van der Waals surface area contributed by atoms with Gasteiger partial charge >= 0.3 is 0 Å². The monoisotopic (exact) mass is 419 g/mol. The lowest BCUT2D eigenvalue weighted by molar-refractivity contribution is -0.123. The summed E-state index contributed by atoms with van der Waals surface area (Å²) >= 11 is 5.79. The number of rotatable bonds is 4. The van der Waals surface area contributed by atoms with Crippen molar-refractivity contribution in [2.75, 3.05) is 16.8 Å². The van der Waals surface area contributed by atoms with Crippen LogP contribution in [0.2, 0.25) is 5.02 Å². The van der Waals surface area contributed by atoms with Gasteiger partial charge in [-0.3, -0.25) is 19.4 Å². The smallest absolute Gasteiger partial charge is 0.263 e. The van der Waals surface area contributed by atoms with E-state index in [1.165, 1.54) is 0 Å². The fraction of sp³-hybridized carbons (Fsp3) is 0.167. The Morgan fingerprint density at radius 3 is 2.48 bits per heavy atom. The molecule has 0 bridgehead atoms. The molecule has 0 spiro atoms. The molecule has 0 aromatic heterocycles. The number of anilines is 2. The number of hydrogen-bond donors (Lipinski definition) is 1. The molecule has 0 saturated carbocycles. The maximum Gasteiger partial charge on any atom is 0.263 e. The van der Waals surface area contributed by atoms with E-state index in [4.69, 9.17) is 11.6 Å². The minimum Gasteiger partial charge on any atom is -0.324 e. The van der Waals surface area contributed by atoms with E-state index in [1.54, 1.807) is 24.3 Å². The Bertz CT molecular complexity index is 1050. The summed E-state index contributed by atoms with van der Waals surface area (Å²) in [4.78, 5) is 38.3. The molecule has 4 rings (SSSR count). The van der Waals surface area contributed by atoms with Gasteiger partial charge in [-0.1, -0.05) is 16.8 Å². The Balaban J connectivity index is 1.49. The van der Waals surface area contributed by atoms with Gasteiger partial charge in [0.1, 0.15) is 6.54 Å². The Labute approximate surface area is 167 Å². The standard InChI is InChI=1S/C18H12ClF2N5O3/c19-9-1-3-10(4-2-9)22-14(27)8-25-16-15(23-24-25)17(28)26(18(16)29)11-5-6-12(20)13(21)7-11/h1-7,15-16H,8H2,(H,22,27)/t15-,16+/m0/s1. The summed E-state index contributed by atoms with van der Waals surface area (Å²) < 4.78 is 26.7. The molecular weight excluding hydrogens is 408 g/mol. The van der Waals surface area contributed by atoms with Crippen LogP contribution >= 0.6 is 11.6 Å². The first-order chi connectivity index (χ1) is 13.8. The van der Waals surface area contributed by atoms with E-state index in [0.29, 0.717) is 10.7 Å². The maximum atomic E-state index is 13.5.